The molecule has 0 bridgehead atoms. The standard InChI is InChI=1S/C7H11Si.3C6H14N.Hf/c1-8(2)7-5-3-4-6-7;3*1-5(2)7-6(3)4;/h3-6,8H,1-2H3;3*5-6H,1-4H3;/q4*-1;+4. The first-order valence-corrected chi connectivity index (χ1v) is 14.4. The fraction of sp³-hybridized carbons (Fsp3) is 0.800. The first-order valence-electron chi connectivity index (χ1n) is 11.5. The Kier molecular flexibility index (Phi) is 30.1. The summed E-state index contributed by atoms with van der Waals surface area (Å²) in [6.07, 6.45) is 0. The van der Waals surface area contributed by atoms with Crippen LogP contribution in [0.2, 0.25) is 13.1 Å². The molecule has 0 aliphatic carbocycles. The number of nitrogens with zero attached hydrogens (tertiary/aromatic N) is 3. The van der Waals surface area contributed by atoms with Crippen LogP contribution in [0.4, 0.5) is 0 Å². The summed E-state index contributed by atoms with van der Waals surface area (Å²) in [5.41, 5.74) is 0. The van der Waals surface area contributed by atoms with E-state index in [1.54, 1.807) is 5.19 Å². The maximum atomic E-state index is 4.28. The number of rotatable bonds is 7. The molecule has 0 saturated heterocycles. The Labute approximate surface area is 211 Å². The maximum absolute atomic E-state index is 4.28. The van der Waals surface area contributed by atoms with E-state index in [-0.39, 0.29) is 25.8 Å². The van der Waals surface area contributed by atoms with Crippen LogP contribution >= 0.6 is 0 Å². The van der Waals surface area contributed by atoms with Crippen LogP contribution in [0.5, 0.6) is 0 Å². The third-order valence-corrected chi connectivity index (χ3v) is 4.86. The second-order valence-corrected chi connectivity index (χ2v) is 12.4. The van der Waals surface area contributed by atoms with Crippen LogP contribution in [-0.2, 0) is 25.8 Å². The average molecular weight is 602 g/mol. The number of hydrogen-bond donors (Lipinski definition) is 0. The molecule has 0 heterocycles. The van der Waals surface area contributed by atoms with Gasteiger partial charge in [-0.2, -0.15) is 17.3 Å². The van der Waals surface area contributed by atoms with E-state index in [1.165, 1.54) is 0 Å². The van der Waals surface area contributed by atoms with Crippen LogP contribution < -0.4 is 5.19 Å². The van der Waals surface area contributed by atoms with Crippen molar-refractivity contribution in [3.63, 3.8) is 0 Å². The van der Waals surface area contributed by atoms with Gasteiger partial charge in [-0.15, -0.1) is 36.3 Å². The molecule has 0 aliphatic rings. The van der Waals surface area contributed by atoms with E-state index >= 15 is 0 Å². The zero-order valence-corrected chi connectivity index (χ0v) is 27.4. The van der Waals surface area contributed by atoms with Gasteiger partial charge in [0.05, 0.1) is 0 Å². The summed E-state index contributed by atoms with van der Waals surface area (Å²) in [5.74, 6) is 0. The van der Waals surface area contributed by atoms with Crippen molar-refractivity contribution in [1.82, 2.24) is 0 Å². The third-order valence-electron chi connectivity index (χ3n) is 3.14. The van der Waals surface area contributed by atoms with Gasteiger partial charge in [-0.25, -0.2) is 12.1 Å². The van der Waals surface area contributed by atoms with Crippen LogP contribution in [0.15, 0.2) is 24.3 Å². The van der Waals surface area contributed by atoms with Crippen molar-refractivity contribution in [2.75, 3.05) is 0 Å². The molecule has 1 aromatic carbocycles. The molecule has 5 heteroatoms. The molecule has 3 nitrogen and oxygen atoms in total. The van der Waals surface area contributed by atoms with Crippen molar-refractivity contribution >= 4 is 14.0 Å². The Morgan fingerprint density at radius 1 is 0.500 bits per heavy atom. The van der Waals surface area contributed by atoms with E-state index in [9.17, 15) is 0 Å². The fourth-order valence-electron chi connectivity index (χ4n) is 2.56. The zero-order valence-electron chi connectivity index (χ0n) is 22.7. The molecule has 30 heavy (non-hydrogen) atoms. The van der Waals surface area contributed by atoms with Crippen molar-refractivity contribution in [3.05, 3.63) is 40.2 Å². The summed E-state index contributed by atoms with van der Waals surface area (Å²) in [7, 11) is -0.480. The van der Waals surface area contributed by atoms with Crippen LogP contribution in [0.25, 0.3) is 16.0 Å². The molecular formula is C25H53HfN3Si. The van der Waals surface area contributed by atoms with Gasteiger partial charge < -0.3 is 16.0 Å². The van der Waals surface area contributed by atoms with Crippen molar-refractivity contribution in [2.24, 2.45) is 0 Å². The molecule has 1 rings (SSSR count). The second-order valence-electron chi connectivity index (χ2n) is 9.38. The van der Waals surface area contributed by atoms with Crippen molar-refractivity contribution in [2.45, 2.75) is 132 Å². The molecule has 0 saturated carbocycles. The first-order chi connectivity index (χ1) is 13.2. The van der Waals surface area contributed by atoms with Gasteiger partial charge in [0.2, 0.25) is 0 Å². The van der Waals surface area contributed by atoms with Crippen LogP contribution in [0.1, 0.15) is 83.1 Å². The summed E-state index contributed by atoms with van der Waals surface area (Å²) >= 11 is 0. The van der Waals surface area contributed by atoms with E-state index < -0.39 is 8.80 Å². The normalized spacial score (nSPS) is 10.6. The van der Waals surface area contributed by atoms with E-state index in [2.05, 4.69) is 136 Å². The molecule has 1 aromatic rings. The molecule has 0 fully saturated rings. The molecule has 0 aliphatic heterocycles. The molecule has 0 amide bonds. The van der Waals surface area contributed by atoms with Crippen molar-refractivity contribution < 1.29 is 25.8 Å². The van der Waals surface area contributed by atoms with Gasteiger partial charge in [-0.05, 0) is 0 Å². The van der Waals surface area contributed by atoms with Crippen LogP contribution in [0, 0.1) is 0 Å². The number of hydrogen-bond acceptors (Lipinski definition) is 0. The smallest absolute Gasteiger partial charge is 0.658 e. The molecule has 0 atom stereocenters. The Morgan fingerprint density at radius 2 is 0.700 bits per heavy atom. The summed E-state index contributed by atoms with van der Waals surface area (Å²) in [5, 5.41) is 14.4. The first kappa shape index (κ1) is 37.6. The zero-order chi connectivity index (χ0) is 23.6. The van der Waals surface area contributed by atoms with Crippen LogP contribution in [0.3, 0.4) is 0 Å². The molecular weight excluding hydrogens is 549 g/mol. The van der Waals surface area contributed by atoms with E-state index in [0.717, 1.165) is 0 Å². The molecule has 0 unspecified atom stereocenters. The predicted molar refractivity (Wildman–Crippen MR) is 141 cm³/mol. The summed E-state index contributed by atoms with van der Waals surface area (Å²) < 4.78 is 0. The van der Waals surface area contributed by atoms with Gasteiger partial charge in [-0.1, -0.05) is 96.2 Å². The predicted octanol–water partition coefficient (Wildman–Crippen LogP) is 7.63. The molecule has 176 valence electrons. The van der Waals surface area contributed by atoms with E-state index in [0.29, 0.717) is 36.3 Å². The minimum absolute atomic E-state index is 0. The Morgan fingerprint density at radius 3 is 0.767 bits per heavy atom. The monoisotopic (exact) mass is 603 g/mol. The van der Waals surface area contributed by atoms with Gasteiger partial charge in [0, 0.05) is 8.80 Å². The van der Waals surface area contributed by atoms with Crippen molar-refractivity contribution in [1.29, 1.82) is 0 Å². The molecule has 0 N–H and O–H groups in total. The van der Waals surface area contributed by atoms with E-state index in [4.69, 9.17) is 0 Å². The van der Waals surface area contributed by atoms with Gasteiger partial charge in [0.1, 0.15) is 0 Å². The SMILES string of the molecule is CC(C)[N-]C(C)C.CC(C)[N-]C(C)C.CC(C)[N-]C(C)C.C[SiH](C)[c-]1cccc1.[Hf+4]. The second kappa shape index (κ2) is 24.0. The Hall–Kier alpha value is 0.317. The topological polar surface area (TPSA) is 42.3 Å². The molecule has 0 aromatic heterocycles. The van der Waals surface area contributed by atoms with Gasteiger partial charge in [0.25, 0.3) is 0 Å². The molecule has 0 radical (unpaired) electrons. The van der Waals surface area contributed by atoms with Gasteiger partial charge >= 0.3 is 25.8 Å². The van der Waals surface area contributed by atoms with Crippen molar-refractivity contribution in [3.8, 4) is 0 Å². The molecule has 0 spiro atoms. The third kappa shape index (κ3) is 38.9. The summed E-state index contributed by atoms with van der Waals surface area (Å²) in [6.45, 7) is 29.9. The van der Waals surface area contributed by atoms with Gasteiger partial charge in [-0.3, -0.25) is 0 Å². The van der Waals surface area contributed by atoms with E-state index in [1.807, 2.05) is 0 Å². The quantitative estimate of drug-likeness (QED) is 0.228. The summed E-state index contributed by atoms with van der Waals surface area (Å²) in [4.78, 5) is 0. The largest absolute Gasteiger partial charge is 4.00 e. The fourth-order valence-corrected chi connectivity index (χ4v) is 3.55. The maximum Gasteiger partial charge on any atom is 4.00 e. The average Bonchev–Trinajstić information content (AvgIpc) is 2.98. The summed E-state index contributed by atoms with van der Waals surface area (Å²) in [6, 6.07) is 11.7. The van der Waals surface area contributed by atoms with Crippen LogP contribution in [-0.4, -0.2) is 45.0 Å². The minimum atomic E-state index is -0.480. The Balaban J connectivity index is -0.000000149. The van der Waals surface area contributed by atoms with Gasteiger partial charge in [0.15, 0.2) is 0 Å². The minimum Gasteiger partial charge on any atom is -0.658 e. The Bertz CT molecular complexity index is 363.